The maximum absolute atomic E-state index is 5.33. The average molecular weight is 407 g/mol. The molecule has 0 saturated carbocycles. The smallest absolute Gasteiger partial charge is 0.191 e. The van der Waals surface area contributed by atoms with Crippen molar-refractivity contribution in [2.75, 3.05) is 27.4 Å². The van der Waals surface area contributed by atoms with Crippen LogP contribution in [0, 0.1) is 0 Å². The van der Waals surface area contributed by atoms with E-state index in [-0.39, 0.29) is 30.0 Å². The standard InChI is InChI=1S/C15H25N3O2.HI/c1-5-16-15(18-12(2)11-19-3)17-10-13-8-6-7-9-14(13)20-4;/h6-9,12H,5,10-11H2,1-4H3,(H2,16,17,18);1H. The van der Waals surface area contributed by atoms with Crippen molar-refractivity contribution in [3.63, 3.8) is 0 Å². The first-order valence-corrected chi connectivity index (χ1v) is 6.86. The first-order chi connectivity index (χ1) is 9.71. The number of ether oxygens (including phenoxy) is 2. The summed E-state index contributed by atoms with van der Waals surface area (Å²) in [6.07, 6.45) is 0. The molecule has 1 aromatic carbocycles. The molecule has 0 aliphatic carbocycles. The van der Waals surface area contributed by atoms with Crippen LogP contribution in [-0.4, -0.2) is 39.4 Å². The summed E-state index contributed by atoms with van der Waals surface area (Å²) in [5, 5.41) is 6.52. The van der Waals surface area contributed by atoms with Gasteiger partial charge in [0.05, 0.1) is 20.3 Å². The van der Waals surface area contributed by atoms with Gasteiger partial charge in [-0.05, 0) is 19.9 Å². The first-order valence-electron chi connectivity index (χ1n) is 6.86. The van der Waals surface area contributed by atoms with Gasteiger partial charge in [0.1, 0.15) is 5.75 Å². The molecule has 1 rings (SSSR count). The molecule has 0 bridgehead atoms. The highest BCUT2D eigenvalue weighted by atomic mass is 127. The number of hydrogen-bond acceptors (Lipinski definition) is 3. The fraction of sp³-hybridized carbons (Fsp3) is 0.533. The van der Waals surface area contributed by atoms with E-state index in [1.807, 2.05) is 31.2 Å². The summed E-state index contributed by atoms with van der Waals surface area (Å²) in [6, 6.07) is 8.11. The Hall–Kier alpha value is -1.02. The van der Waals surface area contributed by atoms with Crippen LogP contribution in [0.1, 0.15) is 19.4 Å². The highest BCUT2D eigenvalue weighted by molar-refractivity contribution is 14.0. The summed E-state index contributed by atoms with van der Waals surface area (Å²) in [7, 11) is 3.36. The van der Waals surface area contributed by atoms with Crippen LogP contribution >= 0.6 is 24.0 Å². The number of guanidine groups is 1. The Morgan fingerprint density at radius 2 is 2.00 bits per heavy atom. The monoisotopic (exact) mass is 407 g/mol. The van der Waals surface area contributed by atoms with E-state index < -0.39 is 0 Å². The normalized spacial score (nSPS) is 12.3. The van der Waals surface area contributed by atoms with E-state index in [1.165, 1.54) is 0 Å². The van der Waals surface area contributed by atoms with Gasteiger partial charge in [-0.25, -0.2) is 4.99 Å². The Morgan fingerprint density at radius 1 is 1.29 bits per heavy atom. The van der Waals surface area contributed by atoms with Gasteiger partial charge < -0.3 is 20.1 Å². The lowest BCUT2D eigenvalue weighted by molar-refractivity contribution is 0.179. The number of para-hydroxylation sites is 1. The lowest BCUT2D eigenvalue weighted by atomic mass is 10.2. The van der Waals surface area contributed by atoms with Crippen LogP contribution in [-0.2, 0) is 11.3 Å². The predicted molar refractivity (Wildman–Crippen MR) is 97.7 cm³/mol. The van der Waals surface area contributed by atoms with Crippen LogP contribution in [0.15, 0.2) is 29.3 Å². The number of nitrogens with zero attached hydrogens (tertiary/aromatic N) is 1. The largest absolute Gasteiger partial charge is 0.496 e. The lowest BCUT2D eigenvalue weighted by Gasteiger charge is -2.17. The minimum atomic E-state index is 0. The Kier molecular flexibility index (Phi) is 11.1. The second kappa shape index (κ2) is 11.6. The molecular weight excluding hydrogens is 381 g/mol. The number of benzene rings is 1. The molecule has 0 aliphatic rings. The highest BCUT2D eigenvalue weighted by Crippen LogP contribution is 2.17. The number of halogens is 1. The van der Waals surface area contributed by atoms with Gasteiger partial charge in [0.15, 0.2) is 5.96 Å². The highest BCUT2D eigenvalue weighted by Gasteiger charge is 2.05. The van der Waals surface area contributed by atoms with Crippen molar-refractivity contribution < 1.29 is 9.47 Å². The number of nitrogens with one attached hydrogen (secondary N) is 2. The van der Waals surface area contributed by atoms with Crippen LogP contribution in [0.5, 0.6) is 5.75 Å². The van der Waals surface area contributed by atoms with E-state index >= 15 is 0 Å². The van der Waals surface area contributed by atoms with E-state index in [4.69, 9.17) is 9.47 Å². The van der Waals surface area contributed by atoms with Crippen molar-refractivity contribution in [1.29, 1.82) is 0 Å². The summed E-state index contributed by atoms with van der Waals surface area (Å²) >= 11 is 0. The molecule has 0 aliphatic heterocycles. The maximum Gasteiger partial charge on any atom is 0.191 e. The molecule has 21 heavy (non-hydrogen) atoms. The second-order valence-electron chi connectivity index (χ2n) is 4.51. The van der Waals surface area contributed by atoms with Crippen molar-refractivity contribution in [1.82, 2.24) is 10.6 Å². The molecule has 0 saturated heterocycles. The van der Waals surface area contributed by atoms with E-state index in [0.29, 0.717) is 13.2 Å². The van der Waals surface area contributed by atoms with Crippen molar-refractivity contribution in [3.8, 4) is 5.75 Å². The van der Waals surface area contributed by atoms with Crippen LogP contribution in [0.2, 0.25) is 0 Å². The zero-order chi connectivity index (χ0) is 14.8. The average Bonchev–Trinajstić information content (AvgIpc) is 2.45. The van der Waals surface area contributed by atoms with Gasteiger partial charge in [-0.1, -0.05) is 18.2 Å². The van der Waals surface area contributed by atoms with E-state index in [1.54, 1.807) is 14.2 Å². The predicted octanol–water partition coefficient (Wildman–Crippen LogP) is 2.40. The zero-order valence-electron chi connectivity index (χ0n) is 13.2. The first kappa shape index (κ1) is 20.0. The Balaban J connectivity index is 0.00000400. The van der Waals surface area contributed by atoms with Gasteiger partial charge in [-0.3, -0.25) is 0 Å². The van der Waals surface area contributed by atoms with E-state index in [9.17, 15) is 0 Å². The molecule has 120 valence electrons. The van der Waals surface area contributed by atoms with Gasteiger partial charge in [0.25, 0.3) is 0 Å². The third-order valence-electron chi connectivity index (χ3n) is 2.74. The Labute approximate surface area is 144 Å². The fourth-order valence-corrected chi connectivity index (χ4v) is 1.84. The topological polar surface area (TPSA) is 54.9 Å². The van der Waals surface area contributed by atoms with E-state index in [2.05, 4.69) is 22.5 Å². The third-order valence-corrected chi connectivity index (χ3v) is 2.74. The summed E-state index contributed by atoms with van der Waals surface area (Å²) in [5.41, 5.74) is 1.06. The number of methoxy groups -OCH3 is 2. The van der Waals surface area contributed by atoms with Crippen molar-refractivity contribution in [2.45, 2.75) is 26.4 Å². The third kappa shape index (κ3) is 7.52. The molecule has 0 aromatic heterocycles. The molecule has 0 heterocycles. The quantitative estimate of drug-likeness (QED) is 0.414. The summed E-state index contributed by atoms with van der Waals surface area (Å²) in [6.45, 7) is 6.12. The summed E-state index contributed by atoms with van der Waals surface area (Å²) in [4.78, 5) is 4.57. The lowest BCUT2D eigenvalue weighted by Crippen LogP contribution is -2.43. The van der Waals surface area contributed by atoms with Gasteiger partial charge in [0.2, 0.25) is 0 Å². The summed E-state index contributed by atoms with van der Waals surface area (Å²) < 4.78 is 10.4. The summed E-state index contributed by atoms with van der Waals surface area (Å²) in [5.74, 6) is 1.64. The SMILES string of the molecule is CCNC(=NCc1ccccc1OC)NC(C)COC.I. The zero-order valence-corrected chi connectivity index (χ0v) is 15.5. The van der Waals surface area contributed by atoms with Crippen LogP contribution < -0.4 is 15.4 Å². The molecule has 1 aromatic rings. The van der Waals surface area contributed by atoms with Gasteiger partial charge in [0, 0.05) is 25.3 Å². The second-order valence-corrected chi connectivity index (χ2v) is 4.51. The molecular formula is C15H26IN3O2. The maximum atomic E-state index is 5.33. The molecule has 0 amide bonds. The van der Waals surface area contributed by atoms with Crippen molar-refractivity contribution >= 4 is 29.9 Å². The van der Waals surface area contributed by atoms with Gasteiger partial charge >= 0.3 is 0 Å². The van der Waals surface area contributed by atoms with Crippen LogP contribution in [0.25, 0.3) is 0 Å². The molecule has 5 nitrogen and oxygen atoms in total. The van der Waals surface area contributed by atoms with Crippen molar-refractivity contribution in [2.24, 2.45) is 4.99 Å². The van der Waals surface area contributed by atoms with Gasteiger partial charge in [-0.2, -0.15) is 0 Å². The molecule has 0 fully saturated rings. The molecule has 2 N–H and O–H groups in total. The molecule has 0 spiro atoms. The van der Waals surface area contributed by atoms with Crippen LogP contribution in [0.3, 0.4) is 0 Å². The van der Waals surface area contributed by atoms with Gasteiger partial charge in [-0.15, -0.1) is 24.0 Å². The number of rotatable bonds is 7. The van der Waals surface area contributed by atoms with Crippen molar-refractivity contribution in [3.05, 3.63) is 29.8 Å². The Bertz CT molecular complexity index is 427. The number of hydrogen-bond donors (Lipinski definition) is 2. The molecule has 6 heteroatoms. The number of aliphatic imine (C=N–C) groups is 1. The fourth-order valence-electron chi connectivity index (χ4n) is 1.84. The minimum absolute atomic E-state index is 0. The van der Waals surface area contributed by atoms with Crippen LogP contribution in [0.4, 0.5) is 0 Å². The van der Waals surface area contributed by atoms with E-state index in [0.717, 1.165) is 23.8 Å². The molecule has 1 atom stereocenters. The molecule has 0 radical (unpaired) electrons. The minimum Gasteiger partial charge on any atom is -0.496 e. The Morgan fingerprint density at radius 3 is 2.62 bits per heavy atom. The molecule has 1 unspecified atom stereocenters.